The predicted octanol–water partition coefficient (Wildman–Crippen LogP) is 3.49. The number of rotatable bonds is 3. The molecular weight excluding hydrogens is 132 g/mol. The van der Waals surface area contributed by atoms with Crippen LogP contribution in [-0.2, 0) is 0 Å². The summed E-state index contributed by atoms with van der Waals surface area (Å²) in [6.45, 7) is 9.19. The first-order valence-electron chi connectivity index (χ1n) is 4.79. The van der Waals surface area contributed by atoms with Crippen LogP contribution in [0.25, 0.3) is 0 Å². The molecule has 1 fully saturated rings. The van der Waals surface area contributed by atoms with Crippen LogP contribution in [0.1, 0.15) is 34.1 Å². The lowest BCUT2D eigenvalue weighted by Gasteiger charge is -2.09. The molecule has 0 nitrogen and oxygen atoms in total. The van der Waals surface area contributed by atoms with Crippen LogP contribution in [0, 0.1) is 23.7 Å². The van der Waals surface area contributed by atoms with Gasteiger partial charge in [0.2, 0.25) is 0 Å². The van der Waals surface area contributed by atoms with Gasteiger partial charge >= 0.3 is 0 Å². The van der Waals surface area contributed by atoms with Crippen LogP contribution in [0.3, 0.4) is 0 Å². The fraction of sp³-hybridized carbons (Fsp3) is 0.818. The van der Waals surface area contributed by atoms with Crippen LogP contribution in [0.15, 0.2) is 12.2 Å². The zero-order chi connectivity index (χ0) is 8.43. The fourth-order valence-corrected chi connectivity index (χ4v) is 1.16. The van der Waals surface area contributed by atoms with Crippen molar-refractivity contribution in [3.63, 3.8) is 0 Å². The van der Waals surface area contributed by atoms with E-state index in [1.165, 1.54) is 6.42 Å². The Bertz CT molecular complexity index is 144. The second kappa shape index (κ2) is 3.42. The normalized spacial score (nSPS) is 33.2. The number of allylic oxidation sites excluding steroid dienone is 2. The molecule has 3 atom stereocenters. The van der Waals surface area contributed by atoms with Crippen molar-refractivity contribution < 1.29 is 0 Å². The summed E-state index contributed by atoms with van der Waals surface area (Å²) in [5.74, 6) is 3.42. The molecule has 0 amide bonds. The molecule has 0 spiro atoms. The summed E-state index contributed by atoms with van der Waals surface area (Å²) in [5, 5.41) is 0. The Morgan fingerprint density at radius 3 is 2.18 bits per heavy atom. The van der Waals surface area contributed by atoms with Crippen LogP contribution < -0.4 is 0 Å². The minimum absolute atomic E-state index is 0.753. The van der Waals surface area contributed by atoms with Crippen molar-refractivity contribution in [3.05, 3.63) is 12.2 Å². The second-order valence-corrected chi connectivity index (χ2v) is 4.36. The van der Waals surface area contributed by atoms with E-state index in [1.807, 2.05) is 0 Å². The highest BCUT2D eigenvalue weighted by molar-refractivity contribution is 5.01. The molecule has 0 aromatic carbocycles. The van der Waals surface area contributed by atoms with E-state index in [-0.39, 0.29) is 0 Å². The molecule has 0 heteroatoms. The third-order valence-corrected chi connectivity index (χ3v) is 2.89. The van der Waals surface area contributed by atoms with Crippen LogP contribution in [0.4, 0.5) is 0 Å². The largest absolute Gasteiger partial charge is 0.0852 e. The molecule has 1 aliphatic rings. The van der Waals surface area contributed by atoms with Gasteiger partial charge in [0, 0.05) is 0 Å². The molecule has 3 unspecified atom stereocenters. The summed E-state index contributed by atoms with van der Waals surface area (Å²) in [5.41, 5.74) is 0. The summed E-state index contributed by atoms with van der Waals surface area (Å²) >= 11 is 0. The first-order valence-corrected chi connectivity index (χ1v) is 4.79. The van der Waals surface area contributed by atoms with Crippen molar-refractivity contribution >= 4 is 0 Å². The summed E-state index contributed by atoms with van der Waals surface area (Å²) in [6, 6.07) is 0. The molecule has 0 aliphatic heterocycles. The maximum atomic E-state index is 2.41. The molecule has 1 aliphatic carbocycles. The van der Waals surface area contributed by atoms with Gasteiger partial charge in [-0.1, -0.05) is 39.8 Å². The molecule has 1 rings (SSSR count). The molecule has 64 valence electrons. The van der Waals surface area contributed by atoms with E-state index in [0.29, 0.717) is 0 Å². The van der Waals surface area contributed by atoms with Gasteiger partial charge in [0.25, 0.3) is 0 Å². The zero-order valence-corrected chi connectivity index (χ0v) is 8.17. The van der Waals surface area contributed by atoms with Gasteiger partial charge in [0.1, 0.15) is 0 Å². The summed E-state index contributed by atoms with van der Waals surface area (Å²) in [4.78, 5) is 0. The third-order valence-electron chi connectivity index (χ3n) is 2.89. The highest BCUT2D eigenvalue weighted by Crippen LogP contribution is 2.39. The second-order valence-electron chi connectivity index (χ2n) is 4.36. The van der Waals surface area contributed by atoms with Gasteiger partial charge in [-0.3, -0.25) is 0 Å². The van der Waals surface area contributed by atoms with Gasteiger partial charge in [0.05, 0.1) is 0 Å². The highest BCUT2D eigenvalue weighted by Gasteiger charge is 2.29. The zero-order valence-electron chi connectivity index (χ0n) is 8.17. The molecule has 0 bridgehead atoms. The SMILES string of the molecule is CC(C)C(C)C=CC1CC1C. The molecule has 0 heterocycles. The van der Waals surface area contributed by atoms with Crippen LogP contribution >= 0.6 is 0 Å². The lowest BCUT2D eigenvalue weighted by atomic mass is 9.97. The minimum atomic E-state index is 0.753. The van der Waals surface area contributed by atoms with Gasteiger partial charge in [-0.15, -0.1) is 0 Å². The molecule has 0 N–H and O–H groups in total. The lowest BCUT2D eigenvalue weighted by Crippen LogP contribution is -1.99. The van der Waals surface area contributed by atoms with Crippen molar-refractivity contribution in [2.75, 3.05) is 0 Å². The monoisotopic (exact) mass is 152 g/mol. The maximum Gasteiger partial charge on any atom is -0.0205 e. The van der Waals surface area contributed by atoms with Crippen molar-refractivity contribution in [2.45, 2.75) is 34.1 Å². The van der Waals surface area contributed by atoms with E-state index in [0.717, 1.165) is 23.7 Å². The molecule has 0 aromatic rings. The Balaban J connectivity index is 2.24. The smallest absolute Gasteiger partial charge is 0.0205 e. The standard InChI is InChI=1S/C11H20/c1-8(2)9(3)5-6-11-7-10(11)4/h5-6,8-11H,7H2,1-4H3. The van der Waals surface area contributed by atoms with Gasteiger partial charge in [0.15, 0.2) is 0 Å². The minimum Gasteiger partial charge on any atom is -0.0852 e. The summed E-state index contributed by atoms with van der Waals surface area (Å²) in [6.07, 6.45) is 6.22. The van der Waals surface area contributed by atoms with Gasteiger partial charge < -0.3 is 0 Å². The Kier molecular flexibility index (Phi) is 2.75. The van der Waals surface area contributed by atoms with E-state index < -0.39 is 0 Å². The Morgan fingerprint density at radius 2 is 1.82 bits per heavy atom. The van der Waals surface area contributed by atoms with Crippen molar-refractivity contribution in [3.8, 4) is 0 Å². The lowest BCUT2D eigenvalue weighted by molar-refractivity contribution is 0.502. The van der Waals surface area contributed by atoms with E-state index in [9.17, 15) is 0 Å². The van der Waals surface area contributed by atoms with Crippen LogP contribution in [-0.4, -0.2) is 0 Å². The van der Waals surface area contributed by atoms with E-state index in [2.05, 4.69) is 39.8 Å². The van der Waals surface area contributed by atoms with Crippen LogP contribution in [0.2, 0.25) is 0 Å². The molecule has 0 aromatic heterocycles. The fourth-order valence-electron chi connectivity index (χ4n) is 1.16. The first kappa shape index (κ1) is 8.83. The van der Waals surface area contributed by atoms with Crippen molar-refractivity contribution in [2.24, 2.45) is 23.7 Å². The predicted molar refractivity (Wildman–Crippen MR) is 50.4 cm³/mol. The molecule has 0 saturated heterocycles. The van der Waals surface area contributed by atoms with E-state index in [1.54, 1.807) is 0 Å². The summed E-state index contributed by atoms with van der Waals surface area (Å²) in [7, 11) is 0. The number of hydrogen-bond acceptors (Lipinski definition) is 0. The van der Waals surface area contributed by atoms with Crippen molar-refractivity contribution in [1.82, 2.24) is 0 Å². The Hall–Kier alpha value is -0.260. The molecule has 11 heavy (non-hydrogen) atoms. The average Bonchev–Trinajstić information content (AvgIpc) is 2.61. The first-order chi connectivity index (χ1) is 5.11. The van der Waals surface area contributed by atoms with Gasteiger partial charge in [-0.05, 0) is 30.1 Å². The maximum absolute atomic E-state index is 2.41. The average molecular weight is 152 g/mol. The Labute approximate surface area is 70.7 Å². The summed E-state index contributed by atoms with van der Waals surface area (Å²) < 4.78 is 0. The topological polar surface area (TPSA) is 0 Å². The van der Waals surface area contributed by atoms with Crippen molar-refractivity contribution in [1.29, 1.82) is 0 Å². The number of hydrogen-bond donors (Lipinski definition) is 0. The molecular formula is C11H20. The van der Waals surface area contributed by atoms with Gasteiger partial charge in [-0.25, -0.2) is 0 Å². The molecule has 0 radical (unpaired) electrons. The van der Waals surface area contributed by atoms with E-state index in [4.69, 9.17) is 0 Å². The molecule has 1 saturated carbocycles. The highest BCUT2D eigenvalue weighted by atomic mass is 14.3. The van der Waals surface area contributed by atoms with Gasteiger partial charge in [-0.2, -0.15) is 0 Å². The van der Waals surface area contributed by atoms with Crippen LogP contribution in [0.5, 0.6) is 0 Å². The van der Waals surface area contributed by atoms with E-state index >= 15 is 0 Å². The third kappa shape index (κ3) is 2.69. The quantitative estimate of drug-likeness (QED) is 0.543. The Morgan fingerprint density at radius 1 is 1.27 bits per heavy atom.